The normalized spacial score (nSPS) is 10.0. The Morgan fingerprint density at radius 3 is 2.94 bits per heavy atom. The first kappa shape index (κ1) is 11.1. The number of aromatic nitrogens is 3. The molecule has 0 bridgehead atoms. The minimum Gasteiger partial charge on any atom is -0.387 e. The molecule has 0 aliphatic heterocycles. The molecule has 0 atom stereocenters. The molecule has 88 valence electrons. The molecule has 0 radical (unpaired) electrons. The summed E-state index contributed by atoms with van der Waals surface area (Å²) in [6, 6.07) is 1.77. The smallest absolute Gasteiger partial charge is 0.328 e. The molecule has 0 spiro atoms. The largest absolute Gasteiger partial charge is 0.387 e. The number of rotatable bonds is 3. The van der Waals surface area contributed by atoms with Crippen LogP contribution in [0.5, 0.6) is 0 Å². The van der Waals surface area contributed by atoms with Crippen LogP contribution < -0.4 is 10.6 Å². The van der Waals surface area contributed by atoms with Crippen molar-refractivity contribution in [1.29, 1.82) is 0 Å². The van der Waals surface area contributed by atoms with Gasteiger partial charge in [0.15, 0.2) is 5.82 Å². The van der Waals surface area contributed by atoms with Gasteiger partial charge in [0.05, 0.1) is 5.56 Å². The molecule has 0 aromatic carbocycles. The predicted octanol–water partition coefficient (Wildman–Crippen LogP) is 1.07. The summed E-state index contributed by atoms with van der Waals surface area (Å²) in [7, 11) is 1.73. The van der Waals surface area contributed by atoms with Gasteiger partial charge in [0.2, 0.25) is 0 Å². The zero-order chi connectivity index (χ0) is 12.3. The Hall–Kier alpha value is -2.44. The number of amides is 1. The molecule has 1 amide bonds. The third kappa shape index (κ3) is 2.39. The summed E-state index contributed by atoms with van der Waals surface area (Å²) in [5, 5.41) is 8.97. The van der Waals surface area contributed by atoms with Crippen LogP contribution in [0.2, 0.25) is 0 Å². The minimum atomic E-state index is -0.355. The average Bonchev–Trinajstić information content (AvgIpc) is 2.74. The molecule has 2 aromatic heterocycles. The van der Waals surface area contributed by atoms with Crippen molar-refractivity contribution < 1.29 is 9.32 Å². The SMILES string of the molecule is CNc1ccncc1C(=O)Nc1nc(C)no1. The topological polar surface area (TPSA) is 92.9 Å². The quantitative estimate of drug-likeness (QED) is 0.823. The first-order chi connectivity index (χ1) is 8.20. The maximum Gasteiger partial charge on any atom is 0.328 e. The molecule has 0 saturated carbocycles. The minimum absolute atomic E-state index is 0.0680. The second-order valence-electron chi connectivity index (χ2n) is 3.27. The van der Waals surface area contributed by atoms with Gasteiger partial charge in [0.25, 0.3) is 5.91 Å². The summed E-state index contributed by atoms with van der Waals surface area (Å²) >= 11 is 0. The van der Waals surface area contributed by atoms with Crippen LogP contribution in [0.25, 0.3) is 0 Å². The van der Waals surface area contributed by atoms with Crippen molar-refractivity contribution in [3.05, 3.63) is 29.8 Å². The van der Waals surface area contributed by atoms with Gasteiger partial charge < -0.3 is 9.84 Å². The Morgan fingerprint density at radius 2 is 2.29 bits per heavy atom. The lowest BCUT2D eigenvalue weighted by atomic mass is 10.2. The molecule has 2 rings (SSSR count). The van der Waals surface area contributed by atoms with Gasteiger partial charge in [-0.3, -0.25) is 15.1 Å². The first-order valence-corrected chi connectivity index (χ1v) is 4.94. The van der Waals surface area contributed by atoms with E-state index in [0.717, 1.165) is 0 Å². The van der Waals surface area contributed by atoms with E-state index >= 15 is 0 Å². The Kier molecular flexibility index (Phi) is 2.99. The van der Waals surface area contributed by atoms with Crippen LogP contribution in [0.3, 0.4) is 0 Å². The van der Waals surface area contributed by atoms with Crippen LogP contribution in [0.1, 0.15) is 16.2 Å². The molecule has 0 fully saturated rings. The molecule has 2 N–H and O–H groups in total. The Morgan fingerprint density at radius 1 is 1.47 bits per heavy atom. The van der Waals surface area contributed by atoms with Crippen molar-refractivity contribution in [3.8, 4) is 0 Å². The molecule has 0 unspecified atom stereocenters. The summed E-state index contributed by atoms with van der Waals surface area (Å²) in [5.74, 6) is 0.103. The number of nitrogens with one attached hydrogen (secondary N) is 2. The fraction of sp³-hybridized carbons (Fsp3) is 0.200. The number of aryl methyl sites for hydroxylation is 1. The van der Waals surface area contributed by atoms with Gasteiger partial charge in [0.1, 0.15) is 0 Å². The summed E-state index contributed by atoms with van der Waals surface area (Å²) in [4.78, 5) is 19.7. The van der Waals surface area contributed by atoms with E-state index in [-0.39, 0.29) is 11.9 Å². The monoisotopic (exact) mass is 233 g/mol. The summed E-state index contributed by atoms with van der Waals surface area (Å²) in [5.41, 5.74) is 1.08. The Labute approximate surface area is 97.2 Å². The summed E-state index contributed by atoms with van der Waals surface area (Å²) in [6.07, 6.45) is 3.06. The third-order valence-electron chi connectivity index (χ3n) is 2.08. The molecule has 0 aliphatic carbocycles. The lowest BCUT2D eigenvalue weighted by molar-refractivity contribution is 0.102. The van der Waals surface area contributed by atoms with Gasteiger partial charge in [-0.05, 0) is 13.0 Å². The zero-order valence-corrected chi connectivity index (χ0v) is 9.39. The Bertz CT molecular complexity index is 537. The fourth-order valence-corrected chi connectivity index (χ4v) is 1.31. The summed E-state index contributed by atoms with van der Waals surface area (Å²) < 4.78 is 4.80. The Balaban J connectivity index is 2.20. The standard InChI is InChI=1S/C10H11N5O2/c1-6-13-10(17-15-6)14-9(16)7-5-12-4-3-8(7)11-2/h3-5H,1-2H3,(H,11,12)(H,13,14,15,16). The number of anilines is 2. The molecule has 7 nitrogen and oxygen atoms in total. The van der Waals surface area contributed by atoms with Gasteiger partial charge in [-0.2, -0.15) is 4.98 Å². The first-order valence-electron chi connectivity index (χ1n) is 4.94. The van der Waals surface area contributed by atoms with Gasteiger partial charge in [-0.15, -0.1) is 0 Å². The number of hydrogen-bond donors (Lipinski definition) is 2. The zero-order valence-electron chi connectivity index (χ0n) is 9.39. The molecule has 17 heavy (non-hydrogen) atoms. The number of hydrogen-bond acceptors (Lipinski definition) is 6. The van der Waals surface area contributed by atoms with Crippen molar-refractivity contribution in [2.24, 2.45) is 0 Å². The van der Waals surface area contributed by atoms with Crippen molar-refractivity contribution in [2.45, 2.75) is 6.92 Å². The van der Waals surface area contributed by atoms with E-state index in [1.54, 1.807) is 26.2 Å². The molecular weight excluding hydrogens is 222 g/mol. The number of carbonyl (C=O) groups excluding carboxylic acids is 1. The lowest BCUT2D eigenvalue weighted by Gasteiger charge is -2.06. The van der Waals surface area contributed by atoms with Crippen LogP contribution in [0.15, 0.2) is 23.0 Å². The molecule has 2 heterocycles. The molecule has 2 aromatic rings. The lowest BCUT2D eigenvalue weighted by Crippen LogP contribution is -2.14. The average molecular weight is 233 g/mol. The molecule has 0 aliphatic rings. The van der Waals surface area contributed by atoms with Gasteiger partial charge in [-0.25, -0.2) is 0 Å². The van der Waals surface area contributed by atoms with Crippen molar-refractivity contribution in [3.63, 3.8) is 0 Å². The van der Waals surface area contributed by atoms with Gasteiger partial charge in [-0.1, -0.05) is 5.16 Å². The van der Waals surface area contributed by atoms with E-state index in [4.69, 9.17) is 4.52 Å². The second-order valence-corrected chi connectivity index (χ2v) is 3.27. The number of carbonyl (C=O) groups is 1. The third-order valence-corrected chi connectivity index (χ3v) is 2.08. The van der Waals surface area contributed by atoms with E-state index in [1.165, 1.54) is 6.20 Å². The van der Waals surface area contributed by atoms with Crippen molar-refractivity contribution >= 4 is 17.6 Å². The second kappa shape index (κ2) is 4.60. The van der Waals surface area contributed by atoms with E-state index in [9.17, 15) is 4.79 Å². The van der Waals surface area contributed by atoms with Crippen molar-refractivity contribution in [1.82, 2.24) is 15.1 Å². The van der Waals surface area contributed by atoms with Crippen LogP contribution in [-0.4, -0.2) is 28.1 Å². The number of nitrogens with zero attached hydrogens (tertiary/aromatic N) is 3. The van der Waals surface area contributed by atoms with E-state index < -0.39 is 0 Å². The van der Waals surface area contributed by atoms with Crippen LogP contribution in [-0.2, 0) is 0 Å². The van der Waals surface area contributed by atoms with Crippen LogP contribution >= 0.6 is 0 Å². The fourth-order valence-electron chi connectivity index (χ4n) is 1.31. The number of pyridine rings is 1. The van der Waals surface area contributed by atoms with E-state index in [0.29, 0.717) is 17.1 Å². The van der Waals surface area contributed by atoms with E-state index in [2.05, 4.69) is 25.8 Å². The van der Waals surface area contributed by atoms with Crippen LogP contribution in [0, 0.1) is 6.92 Å². The van der Waals surface area contributed by atoms with E-state index in [1.807, 2.05) is 0 Å². The highest BCUT2D eigenvalue weighted by Crippen LogP contribution is 2.14. The maximum absolute atomic E-state index is 11.9. The molecular formula is C10H11N5O2. The summed E-state index contributed by atoms with van der Waals surface area (Å²) in [6.45, 7) is 1.67. The highest BCUT2D eigenvalue weighted by Gasteiger charge is 2.13. The maximum atomic E-state index is 11.9. The van der Waals surface area contributed by atoms with Crippen molar-refractivity contribution in [2.75, 3.05) is 17.7 Å². The van der Waals surface area contributed by atoms with Crippen LogP contribution in [0.4, 0.5) is 11.7 Å². The van der Waals surface area contributed by atoms with Gasteiger partial charge >= 0.3 is 6.01 Å². The highest BCUT2D eigenvalue weighted by atomic mass is 16.5. The highest BCUT2D eigenvalue weighted by molar-refractivity contribution is 6.06. The predicted molar refractivity (Wildman–Crippen MR) is 60.8 cm³/mol. The molecule has 7 heteroatoms. The molecule has 0 saturated heterocycles. The van der Waals surface area contributed by atoms with Gasteiger partial charge in [0, 0.05) is 25.1 Å².